The molecular weight excluding hydrogens is 390 g/mol. The van der Waals surface area contributed by atoms with E-state index in [0.717, 1.165) is 17.2 Å². The molecule has 144 valence electrons. The lowest BCUT2D eigenvalue weighted by molar-refractivity contribution is -0.384. The molecule has 1 aromatic carbocycles. The Bertz CT molecular complexity index is 949. The molecule has 1 fully saturated rings. The smallest absolute Gasteiger partial charge is 0.293 e. The van der Waals surface area contributed by atoms with E-state index in [1.165, 1.54) is 23.5 Å². The topological polar surface area (TPSA) is 101 Å². The summed E-state index contributed by atoms with van der Waals surface area (Å²) in [6, 6.07) is 7.78. The second kappa shape index (κ2) is 7.65. The lowest BCUT2D eigenvalue weighted by Gasteiger charge is -2.35. The van der Waals surface area contributed by atoms with Gasteiger partial charge in [0.05, 0.1) is 16.2 Å². The lowest BCUT2D eigenvalue weighted by atomic mass is 10.2. The van der Waals surface area contributed by atoms with Gasteiger partial charge in [0, 0.05) is 43.4 Å². The fourth-order valence-corrected chi connectivity index (χ4v) is 4.36. The first kappa shape index (κ1) is 19.3. The summed E-state index contributed by atoms with van der Waals surface area (Å²) in [5.41, 5.74) is 0.133. The average Bonchev–Trinajstić information content (AvgIpc) is 3.13. The van der Waals surface area contributed by atoms with Gasteiger partial charge in [-0.05, 0) is 23.6 Å². The number of nitro benzene ring substituents is 1. The summed E-state index contributed by atoms with van der Waals surface area (Å²) >= 11 is 1.54. The predicted octanol–water partition coefficient (Wildman–Crippen LogP) is 1.95. The van der Waals surface area contributed by atoms with Gasteiger partial charge in [-0.3, -0.25) is 14.9 Å². The highest BCUT2D eigenvalue weighted by Crippen LogP contribution is 2.31. The quantitative estimate of drug-likeness (QED) is 0.553. The third kappa shape index (κ3) is 4.45. The van der Waals surface area contributed by atoms with Gasteiger partial charge >= 0.3 is 0 Å². The summed E-state index contributed by atoms with van der Waals surface area (Å²) in [6.45, 7) is 1.84. The largest absolute Gasteiger partial charge is 0.362 e. The van der Waals surface area contributed by atoms with Crippen LogP contribution in [0, 0.1) is 10.1 Å². The van der Waals surface area contributed by atoms with E-state index in [0.29, 0.717) is 38.3 Å². The Labute approximate surface area is 161 Å². The Kier molecular flexibility index (Phi) is 5.47. The number of rotatable bonds is 5. The molecule has 0 saturated carbocycles. The van der Waals surface area contributed by atoms with E-state index in [4.69, 9.17) is 0 Å². The number of sulfone groups is 1. The number of hydrogen-bond acceptors (Lipinski definition) is 7. The Morgan fingerprint density at radius 2 is 1.93 bits per heavy atom. The third-order valence-corrected chi connectivity index (χ3v) is 6.44. The van der Waals surface area contributed by atoms with Crippen LogP contribution < -0.4 is 4.90 Å². The van der Waals surface area contributed by atoms with E-state index in [-0.39, 0.29) is 16.5 Å². The summed E-state index contributed by atoms with van der Waals surface area (Å²) < 4.78 is 23.3. The van der Waals surface area contributed by atoms with Crippen LogP contribution in [0.5, 0.6) is 0 Å². The van der Waals surface area contributed by atoms with Crippen LogP contribution in [0.4, 0.5) is 11.4 Å². The molecule has 0 unspecified atom stereocenters. The zero-order chi connectivity index (χ0) is 19.6. The zero-order valence-corrected chi connectivity index (χ0v) is 16.3. The summed E-state index contributed by atoms with van der Waals surface area (Å²) in [4.78, 5) is 27.7. The first-order valence-electron chi connectivity index (χ1n) is 8.29. The van der Waals surface area contributed by atoms with Crippen LogP contribution in [0.1, 0.15) is 4.88 Å². The van der Waals surface area contributed by atoms with Crippen molar-refractivity contribution in [2.75, 3.05) is 37.3 Å². The van der Waals surface area contributed by atoms with Gasteiger partial charge in [-0.25, -0.2) is 8.42 Å². The second-order valence-electron chi connectivity index (χ2n) is 6.30. The van der Waals surface area contributed by atoms with Crippen LogP contribution in [0.2, 0.25) is 0 Å². The number of carbonyl (C=O) groups is 1. The first-order valence-corrected chi connectivity index (χ1v) is 11.1. The van der Waals surface area contributed by atoms with E-state index in [1.807, 2.05) is 22.4 Å². The van der Waals surface area contributed by atoms with E-state index >= 15 is 0 Å². The maximum absolute atomic E-state index is 12.4. The number of hydrogen-bond donors (Lipinski definition) is 0. The SMILES string of the molecule is CS(=O)(=O)c1ccc(N2CCN(C(=O)Cc3cccs3)CC2)c([N+](=O)[O-])c1. The van der Waals surface area contributed by atoms with Gasteiger partial charge in [0.2, 0.25) is 5.91 Å². The van der Waals surface area contributed by atoms with E-state index in [2.05, 4.69) is 0 Å². The van der Waals surface area contributed by atoms with Crippen molar-refractivity contribution < 1.29 is 18.1 Å². The van der Waals surface area contributed by atoms with Crippen LogP contribution >= 0.6 is 11.3 Å². The molecule has 8 nitrogen and oxygen atoms in total. The Balaban J connectivity index is 1.72. The van der Waals surface area contributed by atoms with E-state index in [1.54, 1.807) is 4.90 Å². The van der Waals surface area contributed by atoms with Crippen LogP contribution in [0.25, 0.3) is 0 Å². The molecule has 2 aromatic rings. The molecule has 2 heterocycles. The highest BCUT2D eigenvalue weighted by atomic mass is 32.2. The predicted molar refractivity (Wildman–Crippen MR) is 103 cm³/mol. The Morgan fingerprint density at radius 3 is 2.48 bits per heavy atom. The molecule has 1 saturated heterocycles. The molecule has 1 aliphatic rings. The molecule has 0 aliphatic carbocycles. The summed E-state index contributed by atoms with van der Waals surface area (Å²) in [7, 11) is -3.53. The van der Waals surface area contributed by atoms with Crippen molar-refractivity contribution >= 4 is 38.5 Å². The van der Waals surface area contributed by atoms with Crippen molar-refractivity contribution in [1.29, 1.82) is 0 Å². The zero-order valence-electron chi connectivity index (χ0n) is 14.7. The maximum Gasteiger partial charge on any atom is 0.293 e. The average molecular weight is 409 g/mol. The molecule has 1 aliphatic heterocycles. The fraction of sp³-hybridized carbons (Fsp3) is 0.353. The van der Waals surface area contributed by atoms with Gasteiger partial charge in [0.25, 0.3) is 5.69 Å². The molecule has 27 heavy (non-hydrogen) atoms. The Morgan fingerprint density at radius 1 is 1.22 bits per heavy atom. The molecule has 0 radical (unpaired) electrons. The molecule has 3 rings (SSSR count). The number of benzene rings is 1. The molecule has 10 heteroatoms. The van der Waals surface area contributed by atoms with E-state index in [9.17, 15) is 23.3 Å². The van der Waals surface area contributed by atoms with Crippen molar-refractivity contribution in [2.45, 2.75) is 11.3 Å². The number of nitrogens with zero attached hydrogens (tertiary/aromatic N) is 3. The van der Waals surface area contributed by atoms with Gasteiger partial charge in [-0.1, -0.05) is 6.07 Å². The van der Waals surface area contributed by atoms with Gasteiger partial charge in [0.15, 0.2) is 9.84 Å². The van der Waals surface area contributed by atoms with Crippen LogP contribution in [-0.2, 0) is 21.1 Å². The monoisotopic (exact) mass is 409 g/mol. The molecule has 0 atom stereocenters. The Hall–Kier alpha value is -2.46. The van der Waals surface area contributed by atoms with Crippen LogP contribution in [-0.4, -0.2) is 56.6 Å². The first-order chi connectivity index (χ1) is 12.8. The third-order valence-electron chi connectivity index (χ3n) is 4.45. The van der Waals surface area contributed by atoms with Gasteiger partial charge in [-0.2, -0.15) is 0 Å². The number of nitro groups is 1. The number of amides is 1. The number of thiophene rings is 1. The van der Waals surface area contributed by atoms with Crippen molar-refractivity contribution in [2.24, 2.45) is 0 Å². The lowest BCUT2D eigenvalue weighted by Crippen LogP contribution is -2.49. The van der Waals surface area contributed by atoms with Crippen LogP contribution in [0.3, 0.4) is 0 Å². The van der Waals surface area contributed by atoms with Crippen LogP contribution in [0.15, 0.2) is 40.6 Å². The molecule has 1 aromatic heterocycles. The molecule has 0 bridgehead atoms. The summed E-state index contributed by atoms with van der Waals surface area (Å²) in [5, 5.41) is 13.3. The fourth-order valence-electron chi connectivity index (χ4n) is 3.02. The van der Waals surface area contributed by atoms with E-state index < -0.39 is 14.8 Å². The molecule has 0 N–H and O–H groups in total. The normalized spacial score (nSPS) is 15.0. The van der Waals surface area contributed by atoms with Crippen molar-refractivity contribution in [3.8, 4) is 0 Å². The van der Waals surface area contributed by atoms with Crippen molar-refractivity contribution in [3.63, 3.8) is 0 Å². The minimum atomic E-state index is -3.53. The van der Waals surface area contributed by atoms with Crippen molar-refractivity contribution in [3.05, 3.63) is 50.7 Å². The standard InChI is InChI=1S/C17H19N3O5S2/c1-27(24,25)14-4-5-15(16(12-14)20(22)23)18-6-8-19(9-7-18)17(21)11-13-3-2-10-26-13/h2-5,10,12H,6-9,11H2,1H3. The summed E-state index contributed by atoms with van der Waals surface area (Å²) in [5.74, 6) is 0.0408. The van der Waals surface area contributed by atoms with Gasteiger partial charge in [-0.15, -0.1) is 11.3 Å². The molecule has 1 amide bonds. The molecule has 0 spiro atoms. The minimum Gasteiger partial charge on any atom is -0.362 e. The van der Waals surface area contributed by atoms with Crippen molar-refractivity contribution in [1.82, 2.24) is 4.90 Å². The maximum atomic E-state index is 12.4. The number of carbonyl (C=O) groups excluding carboxylic acids is 1. The van der Waals surface area contributed by atoms with Gasteiger partial charge in [0.1, 0.15) is 5.69 Å². The number of piperazine rings is 1. The summed E-state index contributed by atoms with van der Waals surface area (Å²) in [6.07, 6.45) is 1.38. The number of anilines is 1. The minimum absolute atomic E-state index is 0.0408. The highest BCUT2D eigenvalue weighted by Gasteiger charge is 2.27. The van der Waals surface area contributed by atoms with Gasteiger partial charge < -0.3 is 9.80 Å². The second-order valence-corrected chi connectivity index (χ2v) is 9.35. The highest BCUT2D eigenvalue weighted by molar-refractivity contribution is 7.90. The molecular formula is C17H19N3O5S2.